The standard InChI is InChI=1S/C15H18N2O2/c1-10-11-6-5-7-12(14(16)18)13(11)19-15(10)17-8-3-2-4-9-17/h5-7H,2-4,8-9H2,1H3,(H2,16,18). The summed E-state index contributed by atoms with van der Waals surface area (Å²) in [6, 6.07) is 5.55. The van der Waals surface area contributed by atoms with Crippen molar-refractivity contribution >= 4 is 22.8 Å². The third-order valence-electron chi connectivity index (χ3n) is 3.85. The number of benzene rings is 1. The first kappa shape index (κ1) is 12.1. The fourth-order valence-electron chi connectivity index (χ4n) is 2.82. The van der Waals surface area contributed by atoms with E-state index in [4.69, 9.17) is 10.2 Å². The molecular formula is C15H18N2O2. The summed E-state index contributed by atoms with van der Waals surface area (Å²) in [6.45, 7) is 4.08. The molecule has 100 valence electrons. The van der Waals surface area contributed by atoms with Gasteiger partial charge in [-0.3, -0.25) is 4.79 Å². The van der Waals surface area contributed by atoms with Crippen LogP contribution in [0.3, 0.4) is 0 Å². The van der Waals surface area contributed by atoms with E-state index in [0.29, 0.717) is 11.1 Å². The van der Waals surface area contributed by atoms with Gasteiger partial charge >= 0.3 is 0 Å². The molecule has 0 bridgehead atoms. The number of fused-ring (bicyclic) bond motifs is 1. The maximum Gasteiger partial charge on any atom is 0.252 e. The van der Waals surface area contributed by atoms with Crippen LogP contribution in [0.1, 0.15) is 35.2 Å². The number of carbonyl (C=O) groups excluding carboxylic acids is 1. The Labute approximate surface area is 112 Å². The van der Waals surface area contributed by atoms with Gasteiger partial charge < -0.3 is 15.1 Å². The number of hydrogen-bond acceptors (Lipinski definition) is 3. The molecule has 1 saturated heterocycles. The zero-order valence-electron chi connectivity index (χ0n) is 11.1. The van der Waals surface area contributed by atoms with Crippen molar-refractivity contribution in [1.29, 1.82) is 0 Å². The Balaban J connectivity index is 2.13. The van der Waals surface area contributed by atoms with Gasteiger partial charge in [0.05, 0.1) is 5.56 Å². The summed E-state index contributed by atoms with van der Waals surface area (Å²) in [5.41, 5.74) is 7.58. The van der Waals surface area contributed by atoms with Gasteiger partial charge in [0, 0.05) is 24.0 Å². The van der Waals surface area contributed by atoms with Gasteiger partial charge in [-0.15, -0.1) is 0 Å². The molecule has 0 radical (unpaired) electrons. The molecule has 4 heteroatoms. The summed E-state index contributed by atoms with van der Waals surface area (Å²) in [5, 5.41) is 0.983. The molecule has 1 fully saturated rings. The minimum absolute atomic E-state index is 0.440. The highest BCUT2D eigenvalue weighted by molar-refractivity contribution is 6.05. The fraction of sp³-hybridized carbons (Fsp3) is 0.400. The molecule has 0 spiro atoms. The lowest BCUT2D eigenvalue weighted by Crippen LogP contribution is -2.29. The topological polar surface area (TPSA) is 59.5 Å². The molecule has 2 aromatic rings. The Morgan fingerprint density at radius 1 is 1.26 bits per heavy atom. The molecular weight excluding hydrogens is 240 g/mol. The molecule has 3 rings (SSSR count). The van der Waals surface area contributed by atoms with E-state index in [-0.39, 0.29) is 0 Å². The number of furan rings is 1. The highest BCUT2D eigenvalue weighted by Gasteiger charge is 2.21. The lowest BCUT2D eigenvalue weighted by molar-refractivity contribution is 0.100. The van der Waals surface area contributed by atoms with Crippen LogP contribution in [-0.2, 0) is 0 Å². The van der Waals surface area contributed by atoms with Crippen LogP contribution in [0.2, 0.25) is 0 Å². The maximum absolute atomic E-state index is 11.5. The number of carbonyl (C=O) groups is 1. The highest BCUT2D eigenvalue weighted by atomic mass is 16.4. The van der Waals surface area contributed by atoms with Crippen molar-refractivity contribution in [3.63, 3.8) is 0 Å². The molecule has 0 saturated carbocycles. The molecule has 1 aromatic carbocycles. The summed E-state index contributed by atoms with van der Waals surface area (Å²) in [5.74, 6) is 0.452. The monoisotopic (exact) mass is 258 g/mol. The fourth-order valence-corrected chi connectivity index (χ4v) is 2.82. The molecule has 1 aromatic heterocycles. The maximum atomic E-state index is 11.5. The average molecular weight is 258 g/mol. The molecule has 0 aliphatic carbocycles. The number of para-hydroxylation sites is 1. The van der Waals surface area contributed by atoms with Crippen LogP contribution >= 0.6 is 0 Å². The van der Waals surface area contributed by atoms with Gasteiger partial charge in [0.15, 0.2) is 5.88 Å². The first-order valence-corrected chi connectivity index (χ1v) is 6.75. The zero-order valence-corrected chi connectivity index (χ0v) is 11.1. The molecule has 1 aliphatic heterocycles. The van der Waals surface area contributed by atoms with Gasteiger partial charge in [0.25, 0.3) is 5.91 Å². The largest absolute Gasteiger partial charge is 0.439 e. The predicted octanol–water partition coefficient (Wildman–Crippen LogP) is 2.83. The van der Waals surface area contributed by atoms with Crippen LogP contribution < -0.4 is 10.6 Å². The number of primary amides is 1. The number of piperidine rings is 1. The number of nitrogens with zero attached hydrogens (tertiary/aromatic N) is 1. The molecule has 2 N–H and O–H groups in total. The second-order valence-electron chi connectivity index (χ2n) is 5.13. The SMILES string of the molecule is Cc1c(N2CCCCC2)oc2c(C(N)=O)cccc12. The average Bonchev–Trinajstić information content (AvgIpc) is 2.77. The molecule has 0 atom stereocenters. The molecule has 1 amide bonds. The second-order valence-corrected chi connectivity index (χ2v) is 5.13. The smallest absolute Gasteiger partial charge is 0.252 e. The quantitative estimate of drug-likeness (QED) is 0.901. The van der Waals surface area contributed by atoms with E-state index in [9.17, 15) is 4.79 Å². The van der Waals surface area contributed by atoms with Crippen molar-refractivity contribution in [3.8, 4) is 0 Å². The first-order valence-electron chi connectivity index (χ1n) is 6.75. The van der Waals surface area contributed by atoms with Gasteiger partial charge in [0.2, 0.25) is 0 Å². The van der Waals surface area contributed by atoms with Crippen LogP contribution in [0.25, 0.3) is 11.0 Å². The van der Waals surface area contributed by atoms with E-state index in [2.05, 4.69) is 4.90 Å². The van der Waals surface area contributed by atoms with Crippen LogP contribution in [0, 0.1) is 6.92 Å². The first-order chi connectivity index (χ1) is 9.18. The number of aryl methyl sites for hydroxylation is 1. The van der Waals surface area contributed by atoms with Crippen molar-refractivity contribution in [2.75, 3.05) is 18.0 Å². The highest BCUT2D eigenvalue weighted by Crippen LogP contribution is 2.34. The summed E-state index contributed by atoms with van der Waals surface area (Å²) in [7, 11) is 0. The van der Waals surface area contributed by atoms with Crippen molar-refractivity contribution in [2.45, 2.75) is 26.2 Å². The van der Waals surface area contributed by atoms with Crippen LogP contribution in [0.5, 0.6) is 0 Å². The summed E-state index contributed by atoms with van der Waals surface area (Å²) in [6.07, 6.45) is 3.67. The minimum Gasteiger partial charge on any atom is -0.439 e. The molecule has 19 heavy (non-hydrogen) atoms. The summed E-state index contributed by atoms with van der Waals surface area (Å²) >= 11 is 0. The zero-order chi connectivity index (χ0) is 13.4. The Hall–Kier alpha value is -1.97. The number of anilines is 1. The van der Waals surface area contributed by atoms with E-state index >= 15 is 0 Å². The van der Waals surface area contributed by atoms with Gasteiger partial charge in [0.1, 0.15) is 5.58 Å². The molecule has 2 heterocycles. The number of nitrogens with two attached hydrogens (primary N) is 1. The van der Waals surface area contributed by atoms with Crippen LogP contribution in [0.4, 0.5) is 5.88 Å². The Kier molecular flexibility index (Phi) is 2.93. The molecule has 0 unspecified atom stereocenters. The van der Waals surface area contributed by atoms with Gasteiger partial charge in [-0.1, -0.05) is 12.1 Å². The van der Waals surface area contributed by atoms with Crippen molar-refractivity contribution in [3.05, 3.63) is 29.3 Å². The third kappa shape index (κ3) is 1.97. The molecule has 4 nitrogen and oxygen atoms in total. The van der Waals surface area contributed by atoms with Crippen LogP contribution in [0.15, 0.2) is 22.6 Å². The summed E-state index contributed by atoms with van der Waals surface area (Å²) < 4.78 is 5.96. The van der Waals surface area contributed by atoms with E-state index < -0.39 is 5.91 Å². The van der Waals surface area contributed by atoms with Crippen molar-refractivity contribution in [1.82, 2.24) is 0 Å². The Morgan fingerprint density at radius 2 is 2.00 bits per heavy atom. The van der Waals surface area contributed by atoms with Crippen LogP contribution in [-0.4, -0.2) is 19.0 Å². The Morgan fingerprint density at radius 3 is 2.68 bits per heavy atom. The van der Waals surface area contributed by atoms with E-state index in [0.717, 1.165) is 29.9 Å². The lowest BCUT2D eigenvalue weighted by Gasteiger charge is -2.26. The number of hydrogen-bond donors (Lipinski definition) is 1. The Bertz CT molecular complexity index is 624. The van der Waals surface area contributed by atoms with Gasteiger partial charge in [-0.2, -0.15) is 0 Å². The second kappa shape index (κ2) is 4.61. The number of rotatable bonds is 2. The lowest BCUT2D eigenvalue weighted by atomic mass is 10.1. The predicted molar refractivity (Wildman–Crippen MR) is 75.5 cm³/mol. The van der Waals surface area contributed by atoms with E-state index in [1.165, 1.54) is 19.3 Å². The number of amides is 1. The van der Waals surface area contributed by atoms with Crippen molar-refractivity contribution in [2.24, 2.45) is 5.73 Å². The van der Waals surface area contributed by atoms with E-state index in [1.54, 1.807) is 6.07 Å². The van der Waals surface area contributed by atoms with Crippen molar-refractivity contribution < 1.29 is 9.21 Å². The normalized spacial score (nSPS) is 15.9. The minimum atomic E-state index is -0.440. The van der Waals surface area contributed by atoms with Gasteiger partial charge in [-0.25, -0.2) is 0 Å². The summed E-state index contributed by atoms with van der Waals surface area (Å²) in [4.78, 5) is 13.7. The van der Waals surface area contributed by atoms with Gasteiger partial charge in [-0.05, 0) is 32.3 Å². The third-order valence-corrected chi connectivity index (χ3v) is 3.85. The molecule has 1 aliphatic rings. The van der Waals surface area contributed by atoms with E-state index in [1.807, 2.05) is 19.1 Å².